The highest BCUT2D eigenvalue weighted by Gasteiger charge is 2.22. The van der Waals surface area contributed by atoms with Crippen LogP contribution in [0.15, 0.2) is 18.5 Å². The highest BCUT2D eigenvalue weighted by Crippen LogP contribution is 2.21. The van der Waals surface area contributed by atoms with Gasteiger partial charge in [0, 0.05) is 12.4 Å². The smallest absolute Gasteiger partial charge is 0.325 e. The fourth-order valence-corrected chi connectivity index (χ4v) is 2.32. The summed E-state index contributed by atoms with van der Waals surface area (Å²) < 4.78 is 2.96. The van der Waals surface area contributed by atoms with Gasteiger partial charge in [0.1, 0.15) is 12.6 Å². The Kier molecular flexibility index (Phi) is 4.59. The number of carboxylic acid groups (broad SMARTS) is 1. The fourth-order valence-electron chi connectivity index (χ4n) is 2.32. The average molecular weight is 305 g/mol. The van der Waals surface area contributed by atoms with Gasteiger partial charge in [-0.2, -0.15) is 10.2 Å². The first-order chi connectivity index (χ1) is 10.4. The van der Waals surface area contributed by atoms with Crippen molar-refractivity contribution in [3.8, 4) is 0 Å². The lowest BCUT2D eigenvalue weighted by molar-refractivity contribution is -0.137. The molecule has 1 atom stereocenters. The van der Waals surface area contributed by atoms with Gasteiger partial charge in [-0.1, -0.05) is 6.92 Å². The number of carbonyl (C=O) groups excluding carboxylic acids is 1. The number of hydrogen-bond donors (Lipinski definition) is 2. The van der Waals surface area contributed by atoms with E-state index in [0.29, 0.717) is 23.5 Å². The normalized spacial score (nSPS) is 12.1. The summed E-state index contributed by atoms with van der Waals surface area (Å²) >= 11 is 0. The third-order valence-electron chi connectivity index (χ3n) is 3.45. The largest absolute Gasteiger partial charge is 0.480 e. The number of rotatable bonds is 6. The van der Waals surface area contributed by atoms with Crippen LogP contribution in [0.5, 0.6) is 0 Å². The van der Waals surface area contributed by atoms with Crippen LogP contribution in [0.3, 0.4) is 0 Å². The quantitative estimate of drug-likeness (QED) is 0.839. The molecule has 0 aromatic carbocycles. The van der Waals surface area contributed by atoms with Gasteiger partial charge in [0.25, 0.3) is 0 Å². The Morgan fingerprint density at radius 2 is 2.14 bits per heavy atom. The number of hydrogen-bond acceptors (Lipinski definition) is 4. The molecule has 22 heavy (non-hydrogen) atoms. The van der Waals surface area contributed by atoms with Crippen molar-refractivity contribution in [1.29, 1.82) is 0 Å². The zero-order chi connectivity index (χ0) is 16.3. The van der Waals surface area contributed by atoms with Crippen molar-refractivity contribution < 1.29 is 14.7 Å². The molecule has 0 aliphatic carbocycles. The van der Waals surface area contributed by atoms with Crippen LogP contribution in [0.4, 0.5) is 5.69 Å². The maximum Gasteiger partial charge on any atom is 0.325 e. The molecule has 8 nitrogen and oxygen atoms in total. The molecule has 0 bridgehead atoms. The Labute approximate surface area is 127 Å². The van der Waals surface area contributed by atoms with Crippen LogP contribution in [-0.4, -0.2) is 36.5 Å². The second-order valence-electron chi connectivity index (χ2n) is 5.00. The van der Waals surface area contributed by atoms with Crippen molar-refractivity contribution in [2.45, 2.75) is 39.8 Å². The molecular formula is C14H19N5O3. The summed E-state index contributed by atoms with van der Waals surface area (Å²) in [6.45, 7) is 5.13. The number of nitrogens with zero attached hydrogens (tertiary/aromatic N) is 4. The van der Waals surface area contributed by atoms with E-state index in [0.717, 1.165) is 0 Å². The number of anilines is 1. The van der Waals surface area contributed by atoms with E-state index < -0.39 is 12.0 Å². The van der Waals surface area contributed by atoms with Crippen LogP contribution in [0.1, 0.15) is 30.8 Å². The molecule has 0 saturated heterocycles. The monoisotopic (exact) mass is 305 g/mol. The highest BCUT2D eigenvalue weighted by atomic mass is 16.4. The molecule has 2 heterocycles. The standard InChI is InChI=1S/C14H19N5O3/c1-4-11(18-7-5-6-15-18)14(22)16-13-9(2)17-19(10(13)3)8-12(20)21/h5-7,11H,4,8H2,1-3H3,(H,16,22)(H,20,21). The second kappa shape index (κ2) is 6.42. The van der Waals surface area contributed by atoms with E-state index in [1.807, 2.05) is 6.92 Å². The van der Waals surface area contributed by atoms with E-state index in [2.05, 4.69) is 15.5 Å². The van der Waals surface area contributed by atoms with Crippen molar-refractivity contribution in [2.24, 2.45) is 0 Å². The predicted octanol–water partition coefficient (Wildman–Crippen LogP) is 1.37. The fraction of sp³-hybridized carbons (Fsp3) is 0.429. The molecule has 8 heteroatoms. The molecule has 0 aliphatic heterocycles. The lowest BCUT2D eigenvalue weighted by Crippen LogP contribution is -2.26. The number of amides is 1. The van der Waals surface area contributed by atoms with E-state index in [-0.39, 0.29) is 12.5 Å². The van der Waals surface area contributed by atoms with Gasteiger partial charge in [-0.05, 0) is 26.3 Å². The number of carboxylic acids is 1. The van der Waals surface area contributed by atoms with Gasteiger partial charge in [0.15, 0.2) is 0 Å². The minimum absolute atomic E-state index is 0.202. The van der Waals surface area contributed by atoms with Crippen LogP contribution < -0.4 is 5.32 Å². The Balaban J connectivity index is 2.21. The van der Waals surface area contributed by atoms with Gasteiger partial charge >= 0.3 is 5.97 Å². The lowest BCUT2D eigenvalue weighted by Gasteiger charge is -2.15. The molecule has 2 N–H and O–H groups in total. The maximum absolute atomic E-state index is 12.5. The van der Waals surface area contributed by atoms with Crippen molar-refractivity contribution in [1.82, 2.24) is 19.6 Å². The van der Waals surface area contributed by atoms with E-state index in [9.17, 15) is 9.59 Å². The SMILES string of the molecule is CCC(C(=O)Nc1c(C)nn(CC(=O)O)c1C)n1cccn1. The minimum atomic E-state index is -0.980. The first-order valence-corrected chi connectivity index (χ1v) is 6.99. The van der Waals surface area contributed by atoms with Crippen molar-refractivity contribution in [3.05, 3.63) is 29.8 Å². The maximum atomic E-state index is 12.5. The minimum Gasteiger partial charge on any atom is -0.480 e. The molecule has 0 radical (unpaired) electrons. The topological polar surface area (TPSA) is 102 Å². The molecule has 1 amide bonds. The van der Waals surface area contributed by atoms with Crippen molar-refractivity contribution in [3.63, 3.8) is 0 Å². The van der Waals surface area contributed by atoms with E-state index in [1.54, 1.807) is 37.0 Å². The van der Waals surface area contributed by atoms with Crippen LogP contribution in [0, 0.1) is 13.8 Å². The Morgan fingerprint density at radius 1 is 1.41 bits per heavy atom. The number of aliphatic carboxylic acids is 1. The molecule has 2 aromatic rings. The molecule has 0 fully saturated rings. The molecule has 0 saturated carbocycles. The summed E-state index contributed by atoms with van der Waals surface area (Å²) in [5.74, 6) is -1.18. The van der Waals surface area contributed by atoms with Crippen LogP contribution >= 0.6 is 0 Å². The molecule has 0 aliphatic rings. The van der Waals surface area contributed by atoms with Gasteiger partial charge in [-0.25, -0.2) is 0 Å². The first kappa shape index (κ1) is 15.7. The number of nitrogens with one attached hydrogen (secondary N) is 1. The van der Waals surface area contributed by atoms with E-state index >= 15 is 0 Å². The zero-order valence-electron chi connectivity index (χ0n) is 12.8. The van der Waals surface area contributed by atoms with Gasteiger partial charge in [-0.3, -0.25) is 19.0 Å². The van der Waals surface area contributed by atoms with Gasteiger partial charge in [0.05, 0.1) is 17.1 Å². The molecule has 1 unspecified atom stereocenters. The molecule has 2 aromatic heterocycles. The summed E-state index contributed by atoms with van der Waals surface area (Å²) in [7, 11) is 0. The Bertz CT molecular complexity index is 675. The highest BCUT2D eigenvalue weighted by molar-refractivity contribution is 5.94. The first-order valence-electron chi connectivity index (χ1n) is 6.99. The van der Waals surface area contributed by atoms with E-state index in [1.165, 1.54) is 4.68 Å². The lowest BCUT2D eigenvalue weighted by atomic mass is 10.2. The molecule has 0 spiro atoms. The van der Waals surface area contributed by atoms with Crippen LogP contribution in [0.25, 0.3) is 0 Å². The van der Waals surface area contributed by atoms with Crippen molar-refractivity contribution >= 4 is 17.6 Å². The van der Waals surface area contributed by atoms with Crippen LogP contribution in [-0.2, 0) is 16.1 Å². The Hall–Kier alpha value is -2.64. The second-order valence-corrected chi connectivity index (χ2v) is 5.00. The van der Waals surface area contributed by atoms with Crippen LogP contribution in [0.2, 0.25) is 0 Å². The third-order valence-corrected chi connectivity index (χ3v) is 3.45. The van der Waals surface area contributed by atoms with Crippen molar-refractivity contribution in [2.75, 3.05) is 5.32 Å². The number of carbonyl (C=O) groups is 2. The zero-order valence-corrected chi connectivity index (χ0v) is 12.8. The number of aromatic nitrogens is 4. The van der Waals surface area contributed by atoms with Gasteiger partial charge in [0.2, 0.25) is 5.91 Å². The average Bonchev–Trinajstić information content (AvgIpc) is 3.04. The summed E-state index contributed by atoms with van der Waals surface area (Å²) in [6, 6.07) is 1.34. The summed E-state index contributed by atoms with van der Waals surface area (Å²) in [5.41, 5.74) is 1.75. The van der Waals surface area contributed by atoms with E-state index in [4.69, 9.17) is 5.11 Å². The Morgan fingerprint density at radius 3 is 2.68 bits per heavy atom. The predicted molar refractivity (Wildman–Crippen MR) is 79.5 cm³/mol. The molecule has 118 valence electrons. The summed E-state index contributed by atoms with van der Waals surface area (Å²) in [4.78, 5) is 23.3. The van der Waals surface area contributed by atoms with Gasteiger partial charge in [-0.15, -0.1) is 0 Å². The summed E-state index contributed by atoms with van der Waals surface area (Å²) in [6.07, 6.45) is 3.95. The molecular weight excluding hydrogens is 286 g/mol. The van der Waals surface area contributed by atoms with Gasteiger partial charge < -0.3 is 10.4 Å². The molecule has 2 rings (SSSR count). The summed E-state index contributed by atoms with van der Waals surface area (Å²) in [5, 5.41) is 19.9. The third kappa shape index (κ3) is 3.16. The number of aryl methyl sites for hydroxylation is 1.